The van der Waals surface area contributed by atoms with Crippen LogP contribution in [0.4, 0.5) is 10.7 Å². The number of rotatable bonds is 4. The molecule has 0 aliphatic heterocycles. The summed E-state index contributed by atoms with van der Waals surface area (Å²) in [5.74, 6) is -0.802. The molecule has 9 heteroatoms. The van der Waals surface area contributed by atoms with Crippen LogP contribution in [0, 0.1) is 20.2 Å². The molecule has 0 N–H and O–H groups in total. The van der Waals surface area contributed by atoms with Crippen molar-refractivity contribution in [2.24, 2.45) is 0 Å². The molecule has 8 nitrogen and oxygen atoms in total. The lowest BCUT2D eigenvalue weighted by Gasteiger charge is -1.95. The third kappa shape index (κ3) is 2.31. The number of hydrogen-bond donors (Lipinski definition) is 0. The Morgan fingerprint density at radius 1 is 1.44 bits per heavy atom. The van der Waals surface area contributed by atoms with Gasteiger partial charge < -0.3 is 4.74 Å². The lowest BCUT2D eigenvalue weighted by molar-refractivity contribution is -0.419. The second-order valence-corrected chi connectivity index (χ2v) is 3.57. The molecule has 1 aromatic rings. The predicted octanol–water partition coefficient (Wildman–Crippen LogP) is 1.74. The second kappa shape index (κ2) is 4.66. The molecule has 16 heavy (non-hydrogen) atoms. The molecule has 0 amide bonds. The largest absolute Gasteiger partial charge is 0.462 e. The summed E-state index contributed by atoms with van der Waals surface area (Å²) in [6.45, 7) is 1.66. The van der Waals surface area contributed by atoms with E-state index in [0.717, 1.165) is 6.07 Å². The molecule has 0 saturated carbocycles. The Balaban J connectivity index is 3.16. The fourth-order valence-corrected chi connectivity index (χ4v) is 1.77. The van der Waals surface area contributed by atoms with Gasteiger partial charge in [0.15, 0.2) is 0 Å². The van der Waals surface area contributed by atoms with Gasteiger partial charge in [-0.2, -0.15) is 0 Å². The Kier molecular flexibility index (Phi) is 3.51. The van der Waals surface area contributed by atoms with Crippen LogP contribution in [0.1, 0.15) is 16.6 Å². The zero-order chi connectivity index (χ0) is 12.3. The maximum absolute atomic E-state index is 11.2. The monoisotopic (exact) mass is 246 g/mol. The highest BCUT2D eigenvalue weighted by Gasteiger charge is 2.31. The minimum absolute atomic E-state index is 0.0956. The van der Waals surface area contributed by atoms with Gasteiger partial charge in [-0.25, -0.2) is 4.79 Å². The quantitative estimate of drug-likeness (QED) is 0.454. The molecule has 86 valence electrons. The van der Waals surface area contributed by atoms with Crippen LogP contribution < -0.4 is 0 Å². The van der Waals surface area contributed by atoms with Gasteiger partial charge in [0.25, 0.3) is 0 Å². The highest BCUT2D eigenvalue weighted by molar-refractivity contribution is 7.17. The van der Waals surface area contributed by atoms with E-state index in [1.165, 1.54) is 0 Å². The van der Waals surface area contributed by atoms with Crippen molar-refractivity contribution in [1.29, 1.82) is 0 Å². The highest BCUT2D eigenvalue weighted by Crippen LogP contribution is 2.36. The van der Waals surface area contributed by atoms with Gasteiger partial charge in [0.05, 0.1) is 16.5 Å². The first-order valence-electron chi connectivity index (χ1n) is 4.07. The van der Waals surface area contributed by atoms with Crippen molar-refractivity contribution in [3.05, 3.63) is 31.2 Å². The number of nitrogens with zero attached hydrogens (tertiary/aromatic N) is 2. The molecule has 0 aromatic carbocycles. The van der Waals surface area contributed by atoms with Gasteiger partial charge in [0.2, 0.25) is 0 Å². The van der Waals surface area contributed by atoms with Gasteiger partial charge in [0, 0.05) is 6.07 Å². The summed E-state index contributed by atoms with van der Waals surface area (Å²) in [5, 5.41) is 20.3. The molecule has 1 aromatic heterocycles. The molecule has 0 aliphatic carbocycles. The zero-order valence-corrected chi connectivity index (χ0v) is 8.85. The zero-order valence-electron chi connectivity index (χ0n) is 8.04. The first-order chi connectivity index (χ1) is 7.47. The Labute approximate surface area is 92.7 Å². The van der Waals surface area contributed by atoms with Crippen LogP contribution in [0.3, 0.4) is 0 Å². The molecule has 0 aliphatic rings. The number of ether oxygens (including phenoxy) is 1. The molecule has 0 atom stereocenters. The van der Waals surface area contributed by atoms with Crippen LogP contribution in [-0.2, 0) is 4.74 Å². The molecule has 0 radical (unpaired) electrons. The first-order valence-corrected chi connectivity index (χ1v) is 4.88. The molecule has 0 saturated heterocycles. The van der Waals surface area contributed by atoms with E-state index in [1.807, 2.05) is 0 Å². The maximum atomic E-state index is 11.2. The SMILES string of the molecule is CCOC(=O)c1cc([N+](=O)[O-])c([N+](=O)[O-])s1. The fraction of sp³-hybridized carbons (Fsp3) is 0.286. The Hall–Kier alpha value is -2.03. The van der Waals surface area contributed by atoms with Gasteiger partial charge in [-0.1, -0.05) is 0 Å². The minimum Gasteiger partial charge on any atom is -0.462 e. The van der Waals surface area contributed by atoms with E-state index in [2.05, 4.69) is 4.74 Å². The lowest BCUT2D eigenvalue weighted by Crippen LogP contribution is -2.01. The van der Waals surface area contributed by atoms with Gasteiger partial charge in [-0.3, -0.25) is 20.2 Å². The Morgan fingerprint density at radius 2 is 2.06 bits per heavy atom. The third-order valence-electron chi connectivity index (χ3n) is 1.53. The molecule has 0 bridgehead atoms. The van der Waals surface area contributed by atoms with Gasteiger partial charge in [-0.15, -0.1) is 0 Å². The summed E-state index contributed by atoms with van der Waals surface area (Å²) in [4.78, 5) is 30.2. The average Bonchev–Trinajstić information content (AvgIpc) is 2.62. The first kappa shape index (κ1) is 12.0. The fourth-order valence-electron chi connectivity index (χ4n) is 0.936. The van der Waals surface area contributed by atoms with Crippen LogP contribution >= 0.6 is 11.3 Å². The van der Waals surface area contributed by atoms with Gasteiger partial charge >= 0.3 is 16.7 Å². The van der Waals surface area contributed by atoms with E-state index in [1.54, 1.807) is 6.92 Å². The van der Waals surface area contributed by atoms with E-state index in [0.29, 0.717) is 11.3 Å². The van der Waals surface area contributed by atoms with E-state index in [-0.39, 0.29) is 11.5 Å². The maximum Gasteiger partial charge on any atom is 0.401 e. The van der Waals surface area contributed by atoms with Crippen molar-refractivity contribution in [2.75, 3.05) is 6.61 Å². The number of thiophene rings is 1. The number of carbonyl (C=O) groups excluding carboxylic acids is 1. The van der Waals surface area contributed by atoms with Crippen molar-refractivity contribution in [1.82, 2.24) is 0 Å². The summed E-state index contributed by atoms with van der Waals surface area (Å²) in [6, 6.07) is 0.848. The summed E-state index contributed by atoms with van der Waals surface area (Å²) >= 11 is 0.429. The van der Waals surface area contributed by atoms with Crippen molar-refractivity contribution in [3.8, 4) is 0 Å². The third-order valence-corrected chi connectivity index (χ3v) is 2.59. The molecule has 1 heterocycles. The van der Waals surface area contributed by atoms with Crippen molar-refractivity contribution < 1.29 is 19.4 Å². The van der Waals surface area contributed by atoms with Gasteiger partial charge in [0.1, 0.15) is 4.88 Å². The number of esters is 1. The smallest absolute Gasteiger partial charge is 0.401 e. The topological polar surface area (TPSA) is 113 Å². The number of nitro groups is 2. The van der Waals surface area contributed by atoms with E-state index < -0.39 is 26.5 Å². The molecule has 0 fully saturated rings. The Morgan fingerprint density at radius 3 is 2.44 bits per heavy atom. The summed E-state index contributed by atoms with van der Waals surface area (Å²) in [7, 11) is 0. The predicted molar refractivity (Wildman–Crippen MR) is 53.6 cm³/mol. The molecule has 0 spiro atoms. The summed E-state index contributed by atoms with van der Waals surface area (Å²) in [5.41, 5.74) is -0.696. The van der Waals surface area contributed by atoms with E-state index in [4.69, 9.17) is 0 Å². The van der Waals surface area contributed by atoms with Crippen LogP contribution in [0.15, 0.2) is 6.07 Å². The van der Waals surface area contributed by atoms with Crippen LogP contribution in [0.5, 0.6) is 0 Å². The van der Waals surface area contributed by atoms with Crippen molar-refractivity contribution in [3.63, 3.8) is 0 Å². The van der Waals surface area contributed by atoms with Crippen molar-refractivity contribution >= 4 is 28.0 Å². The number of carbonyl (C=O) groups is 1. The van der Waals surface area contributed by atoms with Crippen LogP contribution in [-0.4, -0.2) is 22.4 Å². The highest BCUT2D eigenvalue weighted by atomic mass is 32.1. The van der Waals surface area contributed by atoms with Gasteiger partial charge in [-0.05, 0) is 18.3 Å². The summed E-state index contributed by atoms with van der Waals surface area (Å²) < 4.78 is 4.58. The standard InChI is InChI=1S/C7H6N2O6S/c1-2-15-7(10)5-3-4(8(11)12)6(16-5)9(13)14/h3H,2H2,1H3. The normalized spacial score (nSPS) is 9.81. The number of hydrogen-bond acceptors (Lipinski definition) is 7. The summed E-state index contributed by atoms with van der Waals surface area (Å²) in [6.07, 6.45) is 0. The average molecular weight is 246 g/mol. The minimum atomic E-state index is -0.905. The second-order valence-electron chi connectivity index (χ2n) is 2.54. The molecular weight excluding hydrogens is 240 g/mol. The lowest BCUT2D eigenvalue weighted by atomic mass is 10.4. The van der Waals surface area contributed by atoms with E-state index in [9.17, 15) is 25.0 Å². The van der Waals surface area contributed by atoms with Crippen LogP contribution in [0.2, 0.25) is 0 Å². The molecule has 1 rings (SSSR count). The Bertz CT molecular complexity index is 422. The van der Waals surface area contributed by atoms with E-state index >= 15 is 0 Å². The van der Waals surface area contributed by atoms with Crippen molar-refractivity contribution in [2.45, 2.75) is 6.92 Å². The molecular formula is C7H6N2O6S. The molecule has 0 unspecified atom stereocenters. The van der Waals surface area contributed by atoms with Crippen LogP contribution in [0.25, 0.3) is 0 Å².